The fourth-order valence-electron chi connectivity index (χ4n) is 4.06. The number of carbonyl (C=O) groups excluding carboxylic acids is 2. The van der Waals surface area contributed by atoms with Crippen molar-refractivity contribution in [2.75, 3.05) is 30.8 Å². The van der Waals surface area contributed by atoms with Crippen LogP contribution in [-0.4, -0.2) is 44.7 Å². The number of hydrogen-bond acceptors (Lipinski definition) is 5. The Bertz CT molecular complexity index is 1180. The molecule has 0 atom stereocenters. The Balaban J connectivity index is 1.57. The minimum atomic E-state index is -3.81. The number of nitrogens with one attached hydrogen (secondary N) is 2. The number of benzene rings is 2. The molecule has 2 fully saturated rings. The van der Waals surface area contributed by atoms with Crippen molar-refractivity contribution in [3.05, 3.63) is 47.5 Å². The highest BCUT2D eigenvalue weighted by atomic mass is 32.2. The molecule has 2 aromatic carbocycles. The lowest BCUT2D eigenvalue weighted by atomic mass is 10.1. The zero-order valence-electron chi connectivity index (χ0n) is 19.6. The second kappa shape index (κ2) is 10.1. The first-order chi connectivity index (χ1) is 16.3. The zero-order valence-corrected chi connectivity index (χ0v) is 20.4. The van der Waals surface area contributed by atoms with E-state index in [1.807, 2.05) is 13.0 Å². The van der Waals surface area contributed by atoms with Gasteiger partial charge < -0.3 is 15.4 Å². The van der Waals surface area contributed by atoms with E-state index >= 15 is 0 Å². The van der Waals surface area contributed by atoms with Crippen molar-refractivity contribution in [2.24, 2.45) is 5.92 Å². The van der Waals surface area contributed by atoms with Crippen molar-refractivity contribution in [3.8, 4) is 5.75 Å². The van der Waals surface area contributed by atoms with E-state index in [2.05, 4.69) is 10.6 Å². The third kappa shape index (κ3) is 5.42. The second-order valence-corrected chi connectivity index (χ2v) is 10.8. The first-order valence-corrected chi connectivity index (χ1v) is 13.1. The van der Waals surface area contributed by atoms with Crippen molar-refractivity contribution >= 4 is 33.2 Å². The summed E-state index contributed by atoms with van der Waals surface area (Å²) in [5, 5.41) is 5.73. The fourth-order valence-corrected chi connectivity index (χ4v) is 5.76. The van der Waals surface area contributed by atoms with Gasteiger partial charge in [-0.3, -0.25) is 9.59 Å². The van der Waals surface area contributed by atoms with E-state index in [4.69, 9.17) is 4.74 Å². The molecular formula is C25H31N3O5S. The Kier molecular flexibility index (Phi) is 7.23. The van der Waals surface area contributed by atoms with Crippen LogP contribution >= 0.6 is 0 Å². The summed E-state index contributed by atoms with van der Waals surface area (Å²) in [7, 11) is -2.39. The van der Waals surface area contributed by atoms with Crippen LogP contribution in [-0.2, 0) is 14.8 Å². The van der Waals surface area contributed by atoms with Crippen LogP contribution < -0.4 is 15.4 Å². The van der Waals surface area contributed by atoms with Crippen LogP contribution in [0.1, 0.15) is 54.4 Å². The predicted molar refractivity (Wildman–Crippen MR) is 131 cm³/mol. The van der Waals surface area contributed by atoms with Crippen molar-refractivity contribution < 1.29 is 22.7 Å². The van der Waals surface area contributed by atoms with Crippen LogP contribution in [0.4, 0.5) is 11.4 Å². The van der Waals surface area contributed by atoms with Gasteiger partial charge >= 0.3 is 0 Å². The van der Waals surface area contributed by atoms with Gasteiger partial charge in [-0.2, -0.15) is 4.31 Å². The maximum absolute atomic E-state index is 13.4. The maximum Gasteiger partial charge on any atom is 0.255 e. The van der Waals surface area contributed by atoms with Crippen molar-refractivity contribution in [3.63, 3.8) is 0 Å². The summed E-state index contributed by atoms with van der Waals surface area (Å²) in [5.74, 6) is -0.173. The van der Waals surface area contributed by atoms with E-state index < -0.39 is 15.9 Å². The summed E-state index contributed by atoms with van der Waals surface area (Å²) < 4.78 is 33.6. The summed E-state index contributed by atoms with van der Waals surface area (Å²) in [6, 6.07) is 9.77. The normalized spacial score (nSPS) is 17.0. The molecule has 0 bridgehead atoms. The van der Waals surface area contributed by atoms with Crippen LogP contribution in [0.3, 0.4) is 0 Å². The highest BCUT2D eigenvalue weighted by Crippen LogP contribution is 2.32. The van der Waals surface area contributed by atoms with Gasteiger partial charge in [0, 0.05) is 35.9 Å². The highest BCUT2D eigenvalue weighted by molar-refractivity contribution is 7.89. The first-order valence-electron chi connectivity index (χ1n) is 11.7. The average molecular weight is 486 g/mol. The molecule has 1 saturated heterocycles. The van der Waals surface area contributed by atoms with Gasteiger partial charge in [-0.05, 0) is 68.5 Å². The third-order valence-corrected chi connectivity index (χ3v) is 8.23. The molecule has 8 nitrogen and oxygen atoms in total. The number of rotatable bonds is 7. The number of hydrogen-bond donors (Lipinski definition) is 2. The van der Waals surface area contributed by atoms with Gasteiger partial charge in [0.2, 0.25) is 15.9 Å². The lowest BCUT2D eigenvalue weighted by molar-refractivity contribution is -0.117. The molecule has 34 heavy (non-hydrogen) atoms. The lowest BCUT2D eigenvalue weighted by Gasteiger charge is -2.21. The summed E-state index contributed by atoms with van der Waals surface area (Å²) in [5.41, 5.74) is 2.19. The number of sulfonamides is 1. The number of carbonyl (C=O) groups is 2. The van der Waals surface area contributed by atoms with Crippen molar-refractivity contribution in [2.45, 2.75) is 50.3 Å². The summed E-state index contributed by atoms with van der Waals surface area (Å²) in [4.78, 5) is 25.2. The van der Waals surface area contributed by atoms with Crippen LogP contribution in [0.5, 0.6) is 5.75 Å². The van der Waals surface area contributed by atoms with E-state index in [-0.39, 0.29) is 28.0 Å². The standard InChI is InChI=1S/C25H31N3O5S/c1-17-7-11-20(26-24(29)18-8-9-18)16-21(17)27-25(30)19-10-12-22(33-2)23(15-19)34(31,32)28-13-5-3-4-6-14-28/h7,10-12,15-16,18H,3-6,8-9,13-14H2,1-2H3,(H,26,29)(H,27,30). The summed E-state index contributed by atoms with van der Waals surface area (Å²) >= 11 is 0. The van der Waals surface area contributed by atoms with Gasteiger partial charge in [-0.25, -0.2) is 8.42 Å². The fraction of sp³-hybridized carbons (Fsp3) is 0.440. The first kappa shape index (κ1) is 24.2. The number of methoxy groups -OCH3 is 1. The Morgan fingerprint density at radius 3 is 2.32 bits per heavy atom. The summed E-state index contributed by atoms with van der Waals surface area (Å²) in [6.45, 7) is 2.77. The summed E-state index contributed by atoms with van der Waals surface area (Å²) in [6.07, 6.45) is 5.45. The van der Waals surface area contributed by atoms with E-state index in [9.17, 15) is 18.0 Å². The molecule has 2 amide bonds. The van der Waals surface area contributed by atoms with Gasteiger partial charge in [-0.15, -0.1) is 0 Å². The Hall–Kier alpha value is -2.91. The van der Waals surface area contributed by atoms with Gasteiger partial charge in [0.1, 0.15) is 10.6 Å². The van der Waals surface area contributed by atoms with Crippen molar-refractivity contribution in [1.82, 2.24) is 4.31 Å². The van der Waals surface area contributed by atoms with E-state index in [0.29, 0.717) is 24.5 Å². The van der Waals surface area contributed by atoms with Gasteiger partial charge in [0.15, 0.2) is 0 Å². The molecule has 2 aliphatic rings. The number of aryl methyl sites for hydroxylation is 1. The monoisotopic (exact) mass is 485 g/mol. The molecule has 9 heteroatoms. The zero-order chi connectivity index (χ0) is 24.3. The molecule has 1 heterocycles. The smallest absolute Gasteiger partial charge is 0.255 e. The number of ether oxygens (including phenoxy) is 1. The molecule has 4 rings (SSSR count). The van der Waals surface area contributed by atoms with Gasteiger partial charge in [-0.1, -0.05) is 18.9 Å². The topological polar surface area (TPSA) is 105 Å². The molecule has 0 unspecified atom stereocenters. The van der Waals surface area contributed by atoms with Crippen LogP contribution in [0.25, 0.3) is 0 Å². The number of nitrogens with zero attached hydrogens (tertiary/aromatic N) is 1. The molecule has 1 saturated carbocycles. The molecular weight excluding hydrogens is 454 g/mol. The molecule has 0 spiro atoms. The average Bonchev–Trinajstić information content (AvgIpc) is 3.68. The molecule has 182 valence electrons. The molecule has 2 aromatic rings. The van der Waals surface area contributed by atoms with Crippen LogP contribution in [0.15, 0.2) is 41.3 Å². The van der Waals surface area contributed by atoms with E-state index in [1.54, 1.807) is 18.2 Å². The van der Waals surface area contributed by atoms with Gasteiger partial charge in [0.05, 0.1) is 7.11 Å². The SMILES string of the molecule is COc1ccc(C(=O)Nc2cc(NC(=O)C3CC3)ccc2C)cc1S(=O)(=O)N1CCCCCC1. The molecule has 0 radical (unpaired) electrons. The maximum atomic E-state index is 13.4. The van der Waals surface area contributed by atoms with E-state index in [0.717, 1.165) is 44.1 Å². The second-order valence-electron chi connectivity index (χ2n) is 8.93. The van der Waals surface area contributed by atoms with Crippen LogP contribution in [0, 0.1) is 12.8 Å². The van der Waals surface area contributed by atoms with Crippen molar-refractivity contribution in [1.29, 1.82) is 0 Å². The van der Waals surface area contributed by atoms with E-state index in [1.165, 1.54) is 23.5 Å². The lowest BCUT2D eigenvalue weighted by Crippen LogP contribution is -2.32. The van der Waals surface area contributed by atoms with Gasteiger partial charge in [0.25, 0.3) is 5.91 Å². The quantitative estimate of drug-likeness (QED) is 0.613. The minimum Gasteiger partial charge on any atom is -0.495 e. The minimum absolute atomic E-state index is 0.00767. The van der Waals surface area contributed by atoms with Crippen LogP contribution in [0.2, 0.25) is 0 Å². The number of anilines is 2. The molecule has 0 aromatic heterocycles. The largest absolute Gasteiger partial charge is 0.495 e. The number of amides is 2. The molecule has 2 N–H and O–H groups in total. The Morgan fingerprint density at radius 1 is 0.971 bits per heavy atom. The third-order valence-electron chi connectivity index (χ3n) is 6.31. The molecule has 1 aliphatic heterocycles. The molecule has 1 aliphatic carbocycles. The highest BCUT2D eigenvalue weighted by Gasteiger charge is 2.30. The Morgan fingerprint density at radius 2 is 1.68 bits per heavy atom. The predicted octanol–water partition coefficient (Wildman–Crippen LogP) is 4.17. The Labute approximate surface area is 200 Å².